The Kier molecular flexibility index (Phi) is 5.29. The Labute approximate surface area is 279 Å². The summed E-state index contributed by atoms with van der Waals surface area (Å²) < 4.78 is 5.04. The van der Waals surface area contributed by atoms with Gasteiger partial charge in [-0.15, -0.1) is 11.3 Å². The van der Waals surface area contributed by atoms with E-state index < -0.39 is 0 Å². The van der Waals surface area contributed by atoms with Gasteiger partial charge in [-0.05, 0) is 56.9 Å². The molecule has 8 aromatic carbocycles. The maximum atomic E-state index is 5.42. The fourth-order valence-electron chi connectivity index (χ4n) is 8.20. The summed E-state index contributed by atoms with van der Waals surface area (Å²) in [7, 11) is 0. The van der Waals surface area contributed by atoms with E-state index in [0.717, 1.165) is 22.2 Å². The van der Waals surface area contributed by atoms with Crippen LogP contribution in [0, 0.1) is 0 Å². The van der Waals surface area contributed by atoms with Gasteiger partial charge in [0.1, 0.15) is 5.82 Å². The maximum absolute atomic E-state index is 5.42. The van der Waals surface area contributed by atoms with Crippen LogP contribution in [0.3, 0.4) is 0 Å². The molecule has 0 aliphatic carbocycles. The highest BCUT2D eigenvalue weighted by molar-refractivity contribution is 7.27. The van der Waals surface area contributed by atoms with Gasteiger partial charge in [-0.25, -0.2) is 4.98 Å². The Hall–Kier alpha value is -6.03. The number of aromatic nitrogens is 2. The Morgan fingerprint density at radius 1 is 0.438 bits per heavy atom. The smallest absolute Gasteiger partial charge is 0.138 e. The highest BCUT2D eigenvalue weighted by atomic mass is 32.1. The van der Waals surface area contributed by atoms with E-state index in [-0.39, 0.29) is 0 Å². The summed E-state index contributed by atoms with van der Waals surface area (Å²) in [5.74, 6) is 0.932. The van der Waals surface area contributed by atoms with Gasteiger partial charge in [-0.2, -0.15) is 0 Å². The molecule has 3 aromatic heterocycles. The number of fused-ring (bicyclic) bond motifs is 16. The van der Waals surface area contributed by atoms with Gasteiger partial charge >= 0.3 is 0 Å². The summed E-state index contributed by atoms with van der Waals surface area (Å²) in [6, 6.07) is 57.3. The van der Waals surface area contributed by atoms with Crippen LogP contribution in [-0.4, -0.2) is 9.55 Å². The van der Waals surface area contributed by atoms with Crippen molar-refractivity contribution in [3.05, 3.63) is 158 Å². The summed E-state index contributed by atoms with van der Waals surface area (Å²) in [5.41, 5.74) is 5.75. The Morgan fingerprint density at radius 3 is 1.75 bits per heavy atom. The minimum atomic E-state index is 0.932. The second-order valence-electron chi connectivity index (χ2n) is 12.6. The quantitative estimate of drug-likeness (QED) is 0.175. The molecule has 0 radical (unpaired) electrons. The van der Waals surface area contributed by atoms with E-state index in [1.807, 2.05) is 11.3 Å². The van der Waals surface area contributed by atoms with Crippen LogP contribution in [0.1, 0.15) is 0 Å². The van der Waals surface area contributed by atoms with Gasteiger partial charge in [0, 0.05) is 42.4 Å². The zero-order valence-electron chi connectivity index (χ0n) is 25.8. The highest BCUT2D eigenvalue weighted by Crippen LogP contribution is 2.51. The molecule has 0 aliphatic rings. The fourth-order valence-corrected chi connectivity index (χ4v) is 9.45. The minimum Gasteiger partial charge on any atom is -0.292 e. The van der Waals surface area contributed by atoms with Crippen molar-refractivity contribution in [2.45, 2.75) is 0 Å². The minimum absolute atomic E-state index is 0.932. The Balaban J connectivity index is 1.45. The van der Waals surface area contributed by atoms with E-state index >= 15 is 0 Å². The first kappa shape index (κ1) is 26.1. The first-order chi connectivity index (χ1) is 23.8. The van der Waals surface area contributed by atoms with Crippen molar-refractivity contribution in [3.8, 4) is 16.9 Å². The molecule has 2 nitrogen and oxygen atoms in total. The molecule has 0 atom stereocenters. The van der Waals surface area contributed by atoms with Crippen LogP contribution in [0.4, 0.5) is 0 Å². The van der Waals surface area contributed by atoms with Crippen molar-refractivity contribution in [1.29, 1.82) is 0 Å². The molecule has 11 aromatic rings. The largest absolute Gasteiger partial charge is 0.292 e. The van der Waals surface area contributed by atoms with Gasteiger partial charge in [-0.3, -0.25) is 4.57 Å². The normalized spacial score (nSPS) is 12.2. The Bertz CT molecular complexity index is 3110. The molecular formula is C45H26N2S. The molecule has 0 fully saturated rings. The highest BCUT2D eigenvalue weighted by Gasteiger charge is 2.25. The number of nitrogens with zero attached hydrogens (tertiary/aromatic N) is 2. The van der Waals surface area contributed by atoms with Crippen LogP contribution >= 0.6 is 11.3 Å². The monoisotopic (exact) mass is 626 g/mol. The summed E-state index contributed by atoms with van der Waals surface area (Å²) in [5, 5.41) is 14.1. The van der Waals surface area contributed by atoms with E-state index in [0.29, 0.717) is 0 Å². The topological polar surface area (TPSA) is 17.8 Å². The van der Waals surface area contributed by atoms with Crippen LogP contribution in [0.2, 0.25) is 0 Å². The standard InChI is InChI=1S/C45H26N2S/c1-2-14-27(15-3-1)35-26-39(46-36-23-11-8-18-30(35)36)47-37-24-12-9-21-33(37)42-40-31-19-6-4-16-28(31)29-17-5-7-20-32(29)41(40)43-34-22-10-13-25-38(34)48-45(43)44(42)47/h1-26H. The summed E-state index contributed by atoms with van der Waals surface area (Å²) in [6.45, 7) is 0. The molecule has 48 heavy (non-hydrogen) atoms. The summed E-state index contributed by atoms with van der Waals surface area (Å²) >= 11 is 1.90. The maximum Gasteiger partial charge on any atom is 0.138 e. The van der Waals surface area contributed by atoms with Gasteiger partial charge in [0.15, 0.2) is 0 Å². The number of pyridine rings is 1. The molecule has 0 saturated heterocycles. The van der Waals surface area contributed by atoms with Gasteiger partial charge in [0.05, 0.1) is 21.3 Å². The van der Waals surface area contributed by atoms with E-state index in [2.05, 4.69) is 162 Å². The first-order valence-electron chi connectivity index (χ1n) is 16.4. The number of rotatable bonds is 2. The lowest BCUT2D eigenvalue weighted by molar-refractivity contribution is 1.11. The predicted molar refractivity (Wildman–Crippen MR) is 207 cm³/mol. The molecule has 0 unspecified atom stereocenters. The van der Waals surface area contributed by atoms with Crippen LogP contribution in [0.15, 0.2) is 158 Å². The van der Waals surface area contributed by atoms with Crippen LogP contribution in [0.5, 0.6) is 0 Å². The average Bonchev–Trinajstić information content (AvgIpc) is 3.71. The Morgan fingerprint density at radius 2 is 1.00 bits per heavy atom. The van der Waals surface area contributed by atoms with Crippen LogP contribution in [-0.2, 0) is 0 Å². The summed E-state index contributed by atoms with van der Waals surface area (Å²) in [6.07, 6.45) is 0. The number of benzene rings is 8. The lowest BCUT2D eigenvalue weighted by atomic mass is 9.89. The van der Waals surface area contributed by atoms with Gasteiger partial charge in [0.25, 0.3) is 0 Å². The number of thiophene rings is 1. The first-order valence-corrected chi connectivity index (χ1v) is 17.2. The van der Waals surface area contributed by atoms with E-state index in [4.69, 9.17) is 4.98 Å². The van der Waals surface area contributed by atoms with Gasteiger partial charge in [-0.1, -0.05) is 133 Å². The SMILES string of the molecule is c1ccc(-c2cc(-n3c4ccccc4c4c5c6ccccc6c6ccccc6c5c5c6ccccc6sc5c43)nc3ccccc23)cc1. The zero-order valence-corrected chi connectivity index (χ0v) is 26.6. The molecule has 0 spiro atoms. The van der Waals surface area contributed by atoms with Crippen LogP contribution < -0.4 is 0 Å². The molecule has 3 heterocycles. The van der Waals surface area contributed by atoms with Crippen molar-refractivity contribution in [1.82, 2.24) is 9.55 Å². The zero-order chi connectivity index (χ0) is 31.3. The molecule has 11 rings (SSSR count). The molecule has 0 aliphatic heterocycles. The number of para-hydroxylation sites is 2. The molecule has 222 valence electrons. The number of hydrogen-bond acceptors (Lipinski definition) is 2. The van der Waals surface area contributed by atoms with Crippen LogP contribution in [0.25, 0.3) is 102 Å². The van der Waals surface area contributed by atoms with Gasteiger partial charge in [0.2, 0.25) is 0 Å². The van der Waals surface area contributed by atoms with Crippen molar-refractivity contribution in [2.75, 3.05) is 0 Å². The van der Waals surface area contributed by atoms with Crippen molar-refractivity contribution in [3.63, 3.8) is 0 Å². The molecule has 0 amide bonds. The van der Waals surface area contributed by atoms with Gasteiger partial charge < -0.3 is 0 Å². The lowest BCUT2D eigenvalue weighted by Crippen LogP contribution is -1.99. The second kappa shape index (κ2) is 9.74. The third-order valence-electron chi connectivity index (χ3n) is 10.1. The van der Waals surface area contributed by atoms with Crippen molar-refractivity contribution < 1.29 is 0 Å². The van der Waals surface area contributed by atoms with Crippen molar-refractivity contribution >= 4 is 96.5 Å². The molecular weight excluding hydrogens is 601 g/mol. The second-order valence-corrected chi connectivity index (χ2v) is 13.7. The van der Waals surface area contributed by atoms with E-state index in [9.17, 15) is 0 Å². The molecule has 0 bridgehead atoms. The summed E-state index contributed by atoms with van der Waals surface area (Å²) in [4.78, 5) is 5.42. The van der Waals surface area contributed by atoms with E-state index in [1.54, 1.807) is 0 Å². The molecule has 0 saturated carbocycles. The average molecular weight is 627 g/mol. The van der Waals surface area contributed by atoms with Crippen molar-refractivity contribution in [2.24, 2.45) is 0 Å². The predicted octanol–water partition coefficient (Wildman–Crippen LogP) is 12.8. The lowest BCUT2D eigenvalue weighted by Gasteiger charge is -2.15. The number of hydrogen-bond donors (Lipinski definition) is 0. The molecule has 0 N–H and O–H groups in total. The third kappa shape index (κ3) is 3.43. The van der Waals surface area contributed by atoms with E-state index in [1.165, 1.54) is 79.9 Å². The third-order valence-corrected chi connectivity index (χ3v) is 11.3. The fraction of sp³-hybridized carbons (Fsp3) is 0. The molecule has 3 heteroatoms.